The topological polar surface area (TPSA) is 118 Å². The van der Waals surface area contributed by atoms with Crippen LogP contribution >= 0.6 is 0 Å². The fraction of sp³-hybridized carbons (Fsp3) is 0.375. The number of aromatic nitrogens is 4. The molecule has 1 aliphatic heterocycles. The Morgan fingerprint density at radius 1 is 0.951 bits per heavy atom. The summed E-state index contributed by atoms with van der Waals surface area (Å²) >= 11 is 0. The molecule has 0 spiro atoms. The number of nitrogens with zero attached hydrogens (tertiary/aromatic N) is 4. The Hall–Kier alpha value is -4.08. The molecule has 0 amide bonds. The highest BCUT2D eigenvalue weighted by Gasteiger charge is 2.49. The van der Waals surface area contributed by atoms with Crippen LogP contribution in [0.5, 0.6) is 0 Å². The van der Waals surface area contributed by atoms with Gasteiger partial charge in [-0.05, 0) is 59.2 Å². The first-order chi connectivity index (χ1) is 19.5. The third-order valence-corrected chi connectivity index (χ3v) is 8.01. The summed E-state index contributed by atoms with van der Waals surface area (Å²) in [5.41, 5.74) is 8.59. The second-order valence-electron chi connectivity index (χ2n) is 11.1. The lowest BCUT2D eigenvalue weighted by Crippen LogP contribution is -2.41. The number of anilines is 1. The van der Waals surface area contributed by atoms with Crippen LogP contribution in [0.25, 0.3) is 32.9 Å². The van der Waals surface area contributed by atoms with Crippen molar-refractivity contribution in [2.75, 3.05) is 5.73 Å². The zero-order valence-electron chi connectivity index (χ0n) is 24.9. The highest BCUT2D eigenvalue weighted by molar-refractivity contribution is 5.97. The zero-order chi connectivity index (χ0) is 29.7. The number of ether oxygens (including phenoxy) is 2. The monoisotopic (exact) mass is 555 g/mol. The summed E-state index contributed by atoms with van der Waals surface area (Å²) in [5.74, 6) is 0.817. The van der Waals surface area contributed by atoms with E-state index >= 15 is 0 Å². The molecule has 9 heteroatoms. The van der Waals surface area contributed by atoms with Gasteiger partial charge in [-0.3, -0.25) is 0 Å². The maximum atomic E-state index is 13.2. The lowest BCUT2D eigenvalue weighted by atomic mass is 9.90. The number of hydrogen-bond donors (Lipinski definition) is 1. The largest absolute Gasteiger partial charge is 0.424 e. The molecule has 1 atom stereocenters. The van der Waals surface area contributed by atoms with Crippen molar-refractivity contribution in [1.82, 2.24) is 19.7 Å². The predicted molar refractivity (Wildman–Crippen MR) is 161 cm³/mol. The zero-order valence-corrected chi connectivity index (χ0v) is 24.9. The lowest BCUT2D eigenvalue weighted by Gasteiger charge is -2.30. The summed E-state index contributed by atoms with van der Waals surface area (Å²) < 4.78 is 20.4. The van der Waals surface area contributed by atoms with Crippen molar-refractivity contribution in [3.8, 4) is 11.1 Å². The Labute approximate surface area is 239 Å². The number of nitrogens with two attached hydrogens (primary N) is 1. The second kappa shape index (κ2) is 10.4. The first-order valence-corrected chi connectivity index (χ1v) is 14.0. The van der Waals surface area contributed by atoms with Gasteiger partial charge >= 0.3 is 5.63 Å². The molecule has 41 heavy (non-hydrogen) atoms. The Bertz CT molecular complexity index is 1790. The Morgan fingerprint density at radius 3 is 2.29 bits per heavy atom. The van der Waals surface area contributed by atoms with Gasteiger partial charge in [-0.15, -0.1) is 0 Å². The Balaban J connectivity index is 0.00000165. The molecule has 9 nitrogen and oxygen atoms in total. The van der Waals surface area contributed by atoms with Crippen LogP contribution in [0.4, 0.5) is 5.82 Å². The normalized spacial score (nSPS) is 17.0. The molecule has 6 rings (SSSR count). The highest BCUT2D eigenvalue weighted by Crippen LogP contribution is 2.46. The van der Waals surface area contributed by atoms with Crippen LogP contribution in [-0.4, -0.2) is 31.0 Å². The molecule has 0 bridgehead atoms. The van der Waals surface area contributed by atoms with Crippen LogP contribution < -0.4 is 11.4 Å². The van der Waals surface area contributed by atoms with E-state index in [0.717, 1.165) is 22.1 Å². The maximum Gasteiger partial charge on any atom is 0.343 e. The van der Waals surface area contributed by atoms with Gasteiger partial charge in [0.1, 0.15) is 23.9 Å². The smallest absolute Gasteiger partial charge is 0.343 e. The SMILES string of the molecule is CC.Cc1nn(C(C)c2oc(=O)c3ccccc3c2-c2cccc(C3OC(C)(C)C(C)(C)O3)c2)c2ncnc(N)c12. The quantitative estimate of drug-likeness (QED) is 0.259. The first kappa shape index (κ1) is 28.4. The Kier molecular flexibility index (Phi) is 7.21. The predicted octanol–water partition coefficient (Wildman–Crippen LogP) is 6.73. The number of benzene rings is 2. The highest BCUT2D eigenvalue weighted by atomic mass is 16.7. The van der Waals surface area contributed by atoms with Crippen LogP contribution in [0, 0.1) is 6.92 Å². The standard InChI is InChI=1S/C30H31N5O4.C2H6/c1-16-22-25(31)32-15-33-26(22)35(34-16)17(2)24-23(20-12-7-8-13-21(20)27(36)37-24)18-10-9-11-19(14-18)28-38-29(3,4)30(5,6)39-28;1-2/h7-15,17,28H,1-6H3,(H2,31,32,33);1-2H3. The van der Waals surface area contributed by atoms with Gasteiger partial charge in [0, 0.05) is 16.5 Å². The summed E-state index contributed by atoms with van der Waals surface area (Å²) in [6.07, 6.45) is 0.878. The minimum Gasteiger partial charge on any atom is -0.424 e. The molecule has 1 saturated heterocycles. The van der Waals surface area contributed by atoms with E-state index in [1.165, 1.54) is 6.33 Å². The fourth-order valence-corrected chi connectivity index (χ4v) is 5.18. The van der Waals surface area contributed by atoms with E-state index in [2.05, 4.69) is 9.97 Å². The molecule has 4 heterocycles. The molecule has 0 radical (unpaired) electrons. The summed E-state index contributed by atoms with van der Waals surface area (Å²) in [5, 5.41) is 6.67. The van der Waals surface area contributed by atoms with Gasteiger partial charge in [0.2, 0.25) is 0 Å². The van der Waals surface area contributed by atoms with Gasteiger partial charge in [0.25, 0.3) is 0 Å². The minimum atomic E-state index is -0.532. The van der Waals surface area contributed by atoms with Gasteiger partial charge in [-0.2, -0.15) is 5.10 Å². The van der Waals surface area contributed by atoms with E-state index in [4.69, 9.17) is 24.7 Å². The van der Waals surface area contributed by atoms with Crippen molar-refractivity contribution < 1.29 is 13.9 Å². The summed E-state index contributed by atoms with van der Waals surface area (Å²) in [7, 11) is 0. The van der Waals surface area contributed by atoms with E-state index in [1.807, 2.05) is 97.9 Å². The second-order valence-corrected chi connectivity index (χ2v) is 11.1. The third kappa shape index (κ3) is 4.69. The minimum absolute atomic E-state index is 0.353. The van der Waals surface area contributed by atoms with Crippen molar-refractivity contribution >= 4 is 27.6 Å². The maximum absolute atomic E-state index is 13.2. The number of rotatable bonds is 4. The number of nitrogen functional groups attached to an aromatic ring is 1. The lowest BCUT2D eigenvalue weighted by molar-refractivity contribution is -0.0895. The number of hydrogen-bond acceptors (Lipinski definition) is 8. The van der Waals surface area contributed by atoms with Gasteiger partial charge < -0.3 is 19.6 Å². The van der Waals surface area contributed by atoms with Crippen LogP contribution in [0.15, 0.2) is 64.1 Å². The van der Waals surface area contributed by atoms with E-state index in [1.54, 1.807) is 10.7 Å². The molecular weight excluding hydrogens is 518 g/mol. The van der Waals surface area contributed by atoms with Gasteiger partial charge in [0.05, 0.1) is 27.7 Å². The van der Waals surface area contributed by atoms with Crippen LogP contribution in [-0.2, 0) is 9.47 Å². The average molecular weight is 556 g/mol. The molecule has 2 N–H and O–H groups in total. The Morgan fingerprint density at radius 2 is 1.61 bits per heavy atom. The summed E-state index contributed by atoms with van der Waals surface area (Å²) in [6, 6.07) is 15.0. The molecule has 1 aliphatic rings. The first-order valence-electron chi connectivity index (χ1n) is 14.0. The molecule has 5 aromatic rings. The molecule has 0 aliphatic carbocycles. The molecule has 3 aromatic heterocycles. The molecule has 0 saturated carbocycles. The van der Waals surface area contributed by atoms with Crippen molar-refractivity contribution in [2.45, 2.75) is 78.9 Å². The molecule has 2 aromatic carbocycles. The molecule has 214 valence electrons. The summed E-state index contributed by atoms with van der Waals surface area (Å²) in [4.78, 5) is 21.7. The molecule has 1 unspecified atom stereocenters. The van der Waals surface area contributed by atoms with Crippen LogP contribution in [0.3, 0.4) is 0 Å². The molecular formula is C32H37N5O4. The van der Waals surface area contributed by atoms with Crippen LogP contribution in [0.1, 0.15) is 77.8 Å². The van der Waals surface area contributed by atoms with Gasteiger partial charge in [-0.1, -0.05) is 50.2 Å². The van der Waals surface area contributed by atoms with E-state index < -0.39 is 29.2 Å². The fourth-order valence-electron chi connectivity index (χ4n) is 5.18. The van der Waals surface area contributed by atoms with E-state index in [0.29, 0.717) is 33.7 Å². The van der Waals surface area contributed by atoms with Crippen molar-refractivity contribution in [3.63, 3.8) is 0 Å². The van der Waals surface area contributed by atoms with Gasteiger partial charge in [-0.25, -0.2) is 19.4 Å². The van der Waals surface area contributed by atoms with Crippen molar-refractivity contribution in [3.05, 3.63) is 82.3 Å². The van der Waals surface area contributed by atoms with E-state index in [-0.39, 0.29) is 0 Å². The van der Waals surface area contributed by atoms with Crippen molar-refractivity contribution in [2.24, 2.45) is 0 Å². The van der Waals surface area contributed by atoms with Crippen LogP contribution in [0.2, 0.25) is 0 Å². The summed E-state index contributed by atoms with van der Waals surface area (Å²) in [6.45, 7) is 15.9. The third-order valence-electron chi connectivity index (χ3n) is 8.01. The van der Waals surface area contributed by atoms with Gasteiger partial charge in [0.15, 0.2) is 11.9 Å². The van der Waals surface area contributed by atoms with E-state index in [9.17, 15) is 4.79 Å². The average Bonchev–Trinajstić information content (AvgIpc) is 3.41. The van der Waals surface area contributed by atoms with Crippen molar-refractivity contribution in [1.29, 1.82) is 0 Å². The molecule has 1 fully saturated rings. The number of fused-ring (bicyclic) bond motifs is 2. The number of aryl methyl sites for hydroxylation is 1.